The van der Waals surface area contributed by atoms with Crippen molar-refractivity contribution in [2.45, 2.75) is 44.8 Å². The van der Waals surface area contributed by atoms with Gasteiger partial charge in [0.2, 0.25) is 0 Å². The van der Waals surface area contributed by atoms with E-state index in [1.807, 2.05) is 116 Å². The van der Waals surface area contributed by atoms with Crippen molar-refractivity contribution >= 4 is 29.5 Å². The van der Waals surface area contributed by atoms with Crippen LogP contribution in [0, 0.1) is 5.92 Å². The van der Waals surface area contributed by atoms with Crippen LogP contribution >= 0.6 is 0 Å². The van der Waals surface area contributed by atoms with Gasteiger partial charge in [0.1, 0.15) is 12.2 Å². The molecule has 10 nitrogen and oxygen atoms in total. The molecule has 0 saturated carbocycles. The minimum atomic E-state index is -0.465. The van der Waals surface area contributed by atoms with Crippen molar-refractivity contribution < 1.29 is 28.6 Å². The molecule has 2 amide bonds. The van der Waals surface area contributed by atoms with Crippen LogP contribution < -0.4 is 10.6 Å². The van der Waals surface area contributed by atoms with E-state index < -0.39 is 12.2 Å². The van der Waals surface area contributed by atoms with Gasteiger partial charge < -0.3 is 24.0 Å². The molecule has 52 heavy (non-hydrogen) atoms. The second-order valence-corrected chi connectivity index (χ2v) is 13.3. The van der Waals surface area contributed by atoms with Gasteiger partial charge in [0.15, 0.2) is 0 Å². The van der Waals surface area contributed by atoms with Gasteiger partial charge in [-0.3, -0.25) is 15.4 Å². The van der Waals surface area contributed by atoms with Gasteiger partial charge in [-0.05, 0) is 55.9 Å². The molecule has 272 valence electrons. The lowest BCUT2D eigenvalue weighted by atomic mass is 10.0. The smallest absolute Gasteiger partial charge is 0.411 e. The first-order valence-corrected chi connectivity index (χ1v) is 18.3. The summed E-state index contributed by atoms with van der Waals surface area (Å²) in [5.74, 6) is -0.516. The molecule has 0 aromatic heterocycles. The molecule has 0 radical (unpaired) electrons. The highest BCUT2D eigenvalue weighted by Crippen LogP contribution is 2.29. The van der Waals surface area contributed by atoms with E-state index in [2.05, 4.69) is 20.4 Å². The average molecular weight is 705 g/mol. The monoisotopic (exact) mass is 704 g/mol. The van der Waals surface area contributed by atoms with E-state index >= 15 is 0 Å². The summed E-state index contributed by atoms with van der Waals surface area (Å²) < 4.78 is 17.1. The maximum absolute atomic E-state index is 13.1. The van der Waals surface area contributed by atoms with Crippen LogP contribution in [0.25, 0.3) is 22.3 Å². The predicted octanol–water partition coefficient (Wildman–Crippen LogP) is 7.93. The quantitative estimate of drug-likeness (QED) is 0.113. The van der Waals surface area contributed by atoms with E-state index in [0.29, 0.717) is 82.9 Å². The Balaban J connectivity index is 0.945. The largest absolute Gasteiger partial charge is 0.466 e. The molecule has 2 heterocycles. The zero-order chi connectivity index (χ0) is 36.1. The Bertz CT molecular complexity index is 1630. The lowest BCUT2D eigenvalue weighted by Crippen LogP contribution is -2.47. The molecule has 2 aliphatic heterocycles. The number of nitrogens with one attached hydrogen (secondary N) is 2. The summed E-state index contributed by atoms with van der Waals surface area (Å²) in [5.41, 5.74) is 5.31. The number of anilines is 2. The van der Waals surface area contributed by atoms with Crippen molar-refractivity contribution in [1.29, 1.82) is 0 Å². The summed E-state index contributed by atoms with van der Waals surface area (Å²) >= 11 is 0. The molecular weight excluding hydrogens is 656 g/mol. The van der Waals surface area contributed by atoms with Crippen molar-refractivity contribution in [2.75, 3.05) is 56.5 Å². The zero-order valence-electron chi connectivity index (χ0n) is 29.7. The van der Waals surface area contributed by atoms with Crippen molar-refractivity contribution in [3.63, 3.8) is 0 Å². The molecule has 0 bridgehead atoms. The summed E-state index contributed by atoms with van der Waals surface area (Å²) in [7, 11) is 0. The fourth-order valence-corrected chi connectivity index (χ4v) is 7.01. The van der Waals surface area contributed by atoms with Crippen molar-refractivity contribution in [3.05, 3.63) is 109 Å². The number of rotatable bonds is 12. The second kappa shape index (κ2) is 18.3. The molecule has 10 heteroatoms. The van der Waals surface area contributed by atoms with Gasteiger partial charge in [-0.1, -0.05) is 97.1 Å². The van der Waals surface area contributed by atoms with Crippen LogP contribution in [0.4, 0.5) is 21.0 Å². The molecule has 0 aliphatic carbocycles. The normalized spacial score (nSPS) is 15.9. The third kappa shape index (κ3) is 10.2. The van der Waals surface area contributed by atoms with E-state index in [1.54, 1.807) is 0 Å². The lowest BCUT2D eigenvalue weighted by Gasteiger charge is -2.36. The number of para-hydroxylation sites is 2. The number of likely N-dealkylation sites (tertiary alicyclic amines) is 2. The Hall–Kier alpha value is -5.19. The Morgan fingerprint density at radius 1 is 0.596 bits per heavy atom. The van der Waals surface area contributed by atoms with Gasteiger partial charge in [0.05, 0.1) is 23.9 Å². The molecule has 4 aromatic carbocycles. The van der Waals surface area contributed by atoms with Crippen LogP contribution in [-0.4, -0.2) is 86.0 Å². The van der Waals surface area contributed by atoms with Gasteiger partial charge in [0, 0.05) is 50.4 Å². The van der Waals surface area contributed by atoms with Gasteiger partial charge >= 0.3 is 18.2 Å². The molecule has 2 fully saturated rings. The first-order chi connectivity index (χ1) is 25.4. The first kappa shape index (κ1) is 36.6. The minimum absolute atomic E-state index is 0.202. The zero-order valence-corrected chi connectivity index (χ0v) is 29.7. The number of carbonyl (C=O) groups excluding carboxylic acids is 3. The number of esters is 1. The average Bonchev–Trinajstić information content (AvgIpc) is 3.17. The first-order valence-electron chi connectivity index (χ1n) is 18.3. The fraction of sp³-hybridized carbons (Fsp3) is 0.357. The van der Waals surface area contributed by atoms with Gasteiger partial charge in [-0.15, -0.1) is 0 Å². The van der Waals surface area contributed by atoms with Gasteiger partial charge in [-0.25, -0.2) is 9.59 Å². The summed E-state index contributed by atoms with van der Waals surface area (Å²) in [6.07, 6.45) is 1.40. The Kier molecular flexibility index (Phi) is 12.9. The number of benzene rings is 4. The Labute approximate surface area is 306 Å². The number of ether oxygens (including phenoxy) is 3. The highest BCUT2D eigenvalue weighted by atomic mass is 16.6. The van der Waals surface area contributed by atoms with Crippen LogP contribution in [0.3, 0.4) is 0 Å². The van der Waals surface area contributed by atoms with Gasteiger partial charge in [0.25, 0.3) is 0 Å². The van der Waals surface area contributed by atoms with Crippen LogP contribution in [-0.2, 0) is 19.0 Å². The summed E-state index contributed by atoms with van der Waals surface area (Å²) in [6, 6.07) is 35.2. The molecule has 2 N–H and O–H groups in total. The molecule has 4 aromatic rings. The minimum Gasteiger partial charge on any atom is -0.466 e. The van der Waals surface area contributed by atoms with Crippen LogP contribution in [0.1, 0.15) is 32.6 Å². The lowest BCUT2D eigenvalue weighted by molar-refractivity contribution is -0.149. The number of carbonyl (C=O) groups is 3. The molecular formula is C42H48N4O6. The van der Waals surface area contributed by atoms with E-state index in [1.165, 1.54) is 0 Å². The molecule has 0 atom stereocenters. The molecule has 6 rings (SSSR count). The standard InChI is InChI=1S/C42H48N4O6/c1-2-50-40(47)33(29-45-25-21-34(22-26-45)51-41(48)43-38-19-11-9-17-36(38)31-13-5-3-6-14-31)30-46-27-23-35(24-28-46)52-42(49)44-39-20-12-10-18-37(39)32-15-7-4-8-16-32/h3-20,33-35H,2,21-30H2,1H3,(H,43,48)(H,44,49). The van der Waals surface area contributed by atoms with Crippen molar-refractivity contribution in [2.24, 2.45) is 5.92 Å². The number of hydrogen-bond acceptors (Lipinski definition) is 8. The summed E-state index contributed by atoms with van der Waals surface area (Å²) in [4.78, 5) is 43.4. The Morgan fingerprint density at radius 3 is 1.38 bits per heavy atom. The molecule has 0 spiro atoms. The van der Waals surface area contributed by atoms with Crippen LogP contribution in [0.2, 0.25) is 0 Å². The third-order valence-corrected chi connectivity index (χ3v) is 9.69. The van der Waals surface area contributed by atoms with Gasteiger partial charge in [-0.2, -0.15) is 0 Å². The van der Waals surface area contributed by atoms with Crippen LogP contribution in [0.5, 0.6) is 0 Å². The predicted molar refractivity (Wildman–Crippen MR) is 203 cm³/mol. The molecule has 2 saturated heterocycles. The maximum atomic E-state index is 13.1. The van der Waals surface area contributed by atoms with Crippen LogP contribution in [0.15, 0.2) is 109 Å². The highest BCUT2D eigenvalue weighted by molar-refractivity contribution is 5.92. The number of piperidine rings is 2. The maximum Gasteiger partial charge on any atom is 0.411 e. The molecule has 0 unspecified atom stereocenters. The van der Waals surface area contributed by atoms with E-state index in [0.717, 1.165) is 22.3 Å². The summed E-state index contributed by atoms with van der Waals surface area (Å²) in [6.45, 7) is 6.16. The van der Waals surface area contributed by atoms with E-state index in [4.69, 9.17) is 14.2 Å². The van der Waals surface area contributed by atoms with E-state index in [9.17, 15) is 14.4 Å². The number of amides is 2. The third-order valence-electron chi connectivity index (χ3n) is 9.69. The molecule has 2 aliphatic rings. The number of hydrogen-bond donors (Lipinski definition) is 2. The summed E-state index contributed by atoms with van der Waals surface area (Å²) in [5, 5.41) is 5.87. The van der Waals surface area contributed by atoms with E-state index in [-0.39, 0.29) is 24.1 Å². The second-order valence-electron chi connectivity index (χ2n) is 13.3. The Morgan fingerprint density at radius 2 is 0.981 bits per heavy atom. The van der Waals surface area contributed by atoms with Crippen molar-refractivity contribution in [3.8, 4) is 22.3 Å². The van der Waals surface area contributed by atoms with Crippen molar-refractivity contribution in [1.82, 2.24) is 9.80 Å². The fourth-order valence-electron chi connectivity index (χ4n) is 7.01. The highest BCUT2D eigenvalue weighted by Gasteiger charge is 2.31. The SMILES string of the molecule is CCOC(=O)C(CN1CCC(OC(=O)Nc2ccccc2-c2ccccc2)CC1)CN1CCC(OC(=O)Nc2ccccc2-c2ccccc2)CC1. The number of nitrogens with zero attached hydrogens (tertiary/aromatic N) is 2. The topological polar surface area (TPSA) is 109 Å².